The van der Waals surface area contributed by atoms with Crippen molar-refractivity contribution in [2.75, 3.05) is 24.4 Å². The van der Waals surface area contributed by atoms with Crippen LogP contribution in [0.25, 0.3) is 11.4 Å². The second kappa shape index (κ2) is 16.4. The Morgan fingerprint density at radius 3 is 2.40 bits per heavy atom. The number of rotatable bonds is 13. The third-order valence-corrected chi connectivity index (χ3v) is 9.00. The Balaban J connectivity index is 0.00000245. The minimum atomic E-state index is -0.533. The highest BCUT2D eigenvalue weighted by Gasteiger charge is 2.38. The molecule has 0 spiro atoms. The van der Waals surface area contributed by atoms with E-state index in [0.717, 1.165) is 30.5 Å². The van der Waals surface area contributed by atoms with E-state index in [2.05, 4.69) is 51.5 Å². The number of para-hydroxylation sites is 1. The van der Waals surface area contributed by atoms with Gasteiger partial charge in [0.25, 0.3) is 0 Å². The number of aryl methyl sites for hydroxylation is 1. The van der Waals surface area contributed by atoms with Crippen LogP contribution in [0.15, 0.2) is 43.1 Å². The second-order valence-electron chi connectivity index (χ2n) is 12.0. The van der Waals surface area contributed by atoms with Gasteiger partial charge in [-0.15, -0.1) is 0 Å². The first kappa shape index (κ1) is 35.4. The number of benzene rings is 1. The molecule has 2 unspecified atom stereocenters. The Labute approximate surface area is 278 Å². The van der Waals surface area contributed by atoms with E-state index in [9.17, 15) is 4.79 Å². The molecule has 0 radical (unpaired) electrons. The van der Waals surface area contributed by atoms with Crippen LogP contribution in [0.5, 0.6) is 5.75 Å². The quantitative estimate of drug-likeness (QED) is 0.139. The maximum absolute atomic E-state index is 12.9. The molecule has 254 valence electrons. The fourth-order valence-electron chi connectivity index (χ4n) is 6.60. The van der Waals surface area contributed by atoms with Crippen LogP contribution in [0.4, 0.5) is 23.1 Å². The van der Waals surface area contributed by atoms with Gasteiger partial charge in [-0.05, 0) is 62.0 Å². The molecule has 1 saturated carbocycles. The molecule has 4 aromatic rings. The summed E-state index contributed by atoms with van der Waals surface area (Å²) in [5, 5.41) is 15.7. The Morgan fingerprint density at radius 2 is 1.79 bits per heavy atom. The molecule has 47 heavy (non-hydrogen) atoms. The molecule has 3 heterocycles. The fourth-order valence-corrected chi connectivity index (χ4v) is 6.60. The number of ether oxygens (including phenoxy) is 2. The van der Waals surface area contributed by atoms with Gasteiger partial charge in [0.2, 0.25) is 5.95 Å². The van der Waals surface area contributed by atoms with Crippen molar-refractivity contribution in [3.63, 3.8) is 0 Å². The highest BCUT2D eigenvalue weighted by atomic mass is 16.5. The molecule has 2 N–H and O–H groups in total. The number of esters is 1. The summed E-state index contributed by atoms with van der Waals surface area (Å²) < 4.78 is 14.7. The van der Waals surface area contributed by atoms with E-state index in [1.165, 1.54) is 38.3 Å². The van der Waals surface area contributed by atoms with Gasteiger partial charge in [0, 0.05) is 26.0 Å². The van der Waals surface area contributed by atoms with Gasteiger partial charge in [-0.1, -0.05) is 53.5 Å². The minimum absolute atomic E-state index is 0.194. The first-order valence-electron chi connectivity index (χ1n) is 16.9. The van der Waals surface area contributed by atoms with Gasteiger partial charge in [0.1, 0.15) is 11.9 Å². The summed E-state index contributed by atoms with van der Waals surface area (Å²) in [5.74, 6) is 2.61. The van der Waals surface area contributed by atoms with E-state index in [1.807, 2.05) is 42.9 Å². The second-order valence-corrected chi connectivity index (χ2v) is 12.0. The smallest absolute Gasteiger partial charge is 0.343 e. The Hall–Kier alpha value is -4.48. The van der Waals surface area contributed by atoms with E-state index in [0.29, 0.717) is 28.8 Å². The van der Waals surface area contributed by atoms with Crippen LogP contribution >= 0.6 is 0 Å². The Kier molecular flexibility index (Phi) is 12.3. The van der Waals surface area contributed by atoms with Crippen molar-refractivity contribution in [3.05, 3.63) is 48.7 Å². The van der Waals surface area contributed by atoms with Crippen molar-refractivity contribution < 1.29 is 14.3 Å². The van der Waals surface area contributed by atoms with Crippen molar-refractivity contribution in [1.29, 1.82) is 0 Å². The number of carbonyl (C=O) groups is 1. The van der Waals surface area contributed by atoms with Crippen LogP contribution < -0.4 is 15.4 Å². The number of aromatic nitrogens is 7. The van der Waals surface area contributed by atoms with Gasteiger partial charge in [-0.2, -0.15) is 15.2 Å². The molecule has 1 aliphatic carbocycles. The molecule has 1 aromatic carbocycles. The largest absolute Gasteiger partial charge is 0.494 e. The SMILES string of the molecule is CC.CCOC(=O)c1cnc(Nc2cnn(CC3(CC)CC(CC)CC(CC)C3)c2)nc1Nc1cccc(-c2ncn(C)n2)c1OC. The van der Waals surface area contributed by atoms with Crippen molar-refractivity contribution in [2.45, 2.75) is 86.6 Å². The van der Waals surface area contributed by atoms with Crippen molar-refractivity contribution in [3.8, 4) is 17.1 Å². The number of carbonyl (C=O) groups excluding carboxylic acids is 1. The van der Waals surface area contributed by atoms with Gasteiger partial charge in [-0.3, -0.25) is 9.36 Å². The fraction of sp³-hybridized carbons (Fsp3) is 0.543. The molecule has 1 aliphatic rings. The minimum Gasteiger partial charge on any atom is -0.494 e. The molecule has 0 amide bonds. The first-order valence-corrected chi connectivity index (χ1v) is 16.9. The van der Waals surface area contributed by atoms with Crippen LogP contribution in [-0.2, 0) is 18.3 Å². The monoisotopic (exact) mass is 645 g/mol. The molecule has 2 atom stereocenters. The van der Waals surface area contributed by atoms with Crippen LogP contribution in [0, 0.1) is 17.3 Å². The summed E-state index contributed by atoms with van der Waals surface area (Å²) in [6, 6.07) is 5.56. The lowest BCUT2D eigenvalue weighted by atomic mass is 9.63. The standard InChI is InChI=1S/C33H45N9O3.C2H6/c1-7-22-14-23(8-2)16-33(9-3,15-22)20-42-19-24(17-36-42)37-32-34-18-26(31(43)45-10-4)30(39-32)38-27-13-11-12-25(28(27)44-6)29-35-21-41(5)40-29;1-2/h11-13,17-19,21-23H,7-10,14-16,20H2,1-6H3,(H2,34,37,38,39);1-2H3. The molecule has 0 bridgehead atoms. The maximum Gasteiger partial charge on any atom is 0.343 e. The number of methoxy groups -OCH3 is 1. The van der Waals surface area contributed by atoms with Crippen molar-refractivity contribution >= 4 is 29.1 Å². The van der Waals surface area contributed by atoms with Gasteiger partial charge in [0.15, 0.2) is 17.4 Å². The summed E-state index contributed by atoms with van der Waals surface area (Å²) in [5.41, 5.74) is 2.49. The van der Waals surface area contributed by atoms with E-state index in [4.69, 9.17) is 14.6 Å². The number of hydrogen-bond acceptors (Lipinski definition) is 10. The molecular formula is C35H51N9O3. The third kappa shape index (κ3) is 8.47. The first-order chi connectivity index (χ1) is 22.8. The van der Waals surface area contributed by atoms with Gasteiger partial charge >= 0.3 is 5.97 Å². The zero-order chi connectivity index (χ0) is 34.0. The lowest BCUT2D eigenvalue weighted by Gasteiger charge is -2.44. The van der Waals surface area contributed by atoms with Gasteiger partial charge in [0.05, 0.1) is 36.9 Å². The lowest BCUT2D eigenvalue weighted by Crippen LogP contribution is -2.36. The number of anilines is 4. The molecule has 12 heteroatoms. The molecular weight excluding hydrogens is 594 g/mol. The summed E-state index contributed by atoms with van der Waals surface area (Å²) in [6.45, 7) is 13.8. The van der Waals surface area contributed by atoms with Gasteiger partial charge < -0.3 is 20.1 Å². The van der Waals surface area contributed by atoms with Crippen LogP contribution in [-0.4, -0.2) is 54.2 Å². The number of nitrogens with one attached hydrogen (secondary N) is 2. The molecule has 3 aromatic heterocycles. The predicted octanol–water partition coefficient (Wildman–Crippen LogP) is 7.80. The van der Waals surface area contributed by atoms with E-state index < -0.39 is 5.97 Å². The number of nitrogens with zero attached hydrogens (tertiary/aromatic N) is 7. The van der Waals surface area contributed by atoms with E-state index >= 15 is 0 Å². The normalized spacial score (nSPS) is 19.0. The topological polar surface area (TPSA) is 134 Å². The summed E-state index contributed by atoms with van der Waals surface area (Å²) in [6.07, 6.45) is 14.3. The lowest BCUT2D eigenvalue weighted by molar-refractivity contribution is 0.0526. The maximum atomic E-state index is 12.9. The summed E-state index contributed by atoms with van der Waals surface area (Å²) >= 11 is 0. The molecule has 12 nitrogen and oxygen atoms in total. The van der Waals surface area contributed by atoms with Crippen molar-refractivity contribution in [2.24, 2.45) is 24.3 Å². The highest BCUT2D eigenvalue weighted by molar-refractivity contribution is 5.96. The molecule has 1 fully saturated rings. The van der Waals surface area contributed by atoms with Crippen LogP contribution in [0.2, 0.25) is 0 Å². The Morgan fingerprint density at radius 1 is 1.04 bits per heavy atom. The Bertz CT molecular complexity index is 1590. The summed E-state index contributed by atoms with van der Waals surface area (Å²) in [7, 11) is 3.38. The zero-order valence-electron chi connectivity index (χ0n) is 29.2. The molecule has 0 aliphatic heterocycles. The third-order valence-electron chi connectivity index (χ3n) is 9.00. The van der Waals surface area contributed by atoms with Gasteiger partial charge in [-0.25, -0.2) is 14.8 Å². The summed E-state index contributed by atoms with van der Waals surface area (Å²) in [4.78, 5) is 26.4. The number of hydrogen-bond donors (Lipinski definition) is 2. The van der Waals surface area contributed by atoms with Crippen LogP contribution in [0.3, 0.4) is 0 Å². The predicted molar refractivity (Wildman–Crippen MR) is 185 cm³/mol. The van der Waals surface area contributed by atoms with Crippen molar-refractivity contribution in [1.82, 2.24) is 34.5 Å². The zero-order valence-corrected chi connectivity index (χ0v) is 29.2. The van der Waals surface area contributed by atoms with E-state index in [1.54, 1.807) is 38.3 Å². The average molecular weight is 646 g/mol. The molecule has 0 saturated heterocycles. The van der Waals surface area contributed by atoms with E-state index in [-0.39, 0.29) is 23.4 Å². The molecule has 5 rings (SSSR count). The van der Waals surface area contributed by atoms with Crippen LogP contribution in [0.1, 0.15) is 90.4 Å². The average Bonchev–Trinajstić information content (AvgIpc) is 3.73. The highest BCUT2D eigenvalue weighted by Crippen LogP contribution is 2.48.